The maximum absolute atomic E-state index is 5.05. The Bertz CT molecular complexity index is 379. The minimum absolute atomic E-state index is 0.680. The first-order valence-electron chi connectivity index (χ1n) is 4.45. The summed E-state index contributed by atoms with van der Waals surface area (Å²) < 4.78 is 5.05. The Hall–Kier alpha value is -1.62. The quantitative estimate of drug-likeness (QED) is 0.758. The van der Waals surface area contributed by atoms with Crippen LogP contribution in [0.3, 0.4) is 0 Å². The molecule has 0 unspecified atom stereocenters. The van der Waals surface area contributed by atoms with E-state index >= 15 is 0 Å². The van der Waals surface area contributed by atoms with Gasteiger partial charge >= 0.3 is 0 Å². The molecule has 2 aromatic heterocycles. The Labute approximate surface area is 81.5 Å². The van der Waals surface area contributed by atoms with Gasteiger partial charge in [-0.1, -0.05) is 5.16 Å². The Balaban J connectivity index is 1.78. The zero-order chi connectivity index (χ0) is 9.80. The normalized spacial score (nSPS) is 10.6. The lowest BCUT2D eigenvalue weighted by Gasteiger charge is -1.98. The number of H-pyrrole nitrogens is 1. The highest BCUT2D eigenvalue weighted by atomic mass is 16.5. The van der Waals surface area contributed by atoms with Gasteiger partial charge in [0.1, 0.15) is 0 Å². The fourth-order valence-electron chi connectivity index (χ4n) is 1.20. The molecule has 2 aromatic rings. The van der Waals surface area contributed by atoms with Crippen molar-refractivity contribution in [3.05, 3.63) is 35.7 Å². The van der Waals surface area contributed by atoms with Crippen molar-refractivity contribution in [3.63, 3.8) is 0 Å². The first-order valence-corrected chi connectivity index (χ1v) is 4.45. The molecular formula is C9H12N4O. The van der Waals surface area contributed by atoms with Gasteiger partial charge in [-0.2, -0.15) is 0 Å². The van der Waals surface area contributed by atoms with Gasteiger partial charge in [0, 0.05) is 24.5 Å². The summed E-state index contributed by atoms with van der Waals surface area (Å²) in [7, 11) is 0. The molecule has 0 radical (unpaired) electrons. The highest BCUT2D eigenvalue weighted by molar-refractivity contribution is 5.03. The largest absolute Gasteiger partial charge is 0.360 e. The SMILES string of the molecule is Cc1cc(CNCc2cnc[nH]2)on1. The van der Waals surface area contributed by atoms with Gasteiger partial charge in [0.2, 0.25) is 0 Å². The Morgan fingerprint density at radius 1 is 1.50 bits per heavy atom. The van der Waals surface area contributed by atoms with E-state index in [1.165, 1.54) is 0 Å². The summed E-state index contributed by atoms with van der Waals surface area (Å²) in [5.41, 5.74) is 1.96. The molecule has 74 valence electrons. The molecule has 2 heterocycles. The second-order valence-electron chi connectivity index (χ2n) is 3.12. The number of aryl methyl sites for hydroxylation is 1. The van der Waals surface area contributed by atoms with E-state index in [0.29, 0.717) is 6.54 Å². The summed E-state index contributed by atoms with van der Waals surface area (Å²) >= 11 is 0. The maximum Gasteiger partial charge on any atom is 0.150 e. The predicted octanol–water partition coefficient (Wildman–Crippen LogP) is 0.996. The molecular weight excluding hydrogens is 180 g/mol. The number of hydrogen-bond acceptors (Lipinski definition) is 4. The molecule has 0 saturated heterocycles. The smallest absolute Gasteiger partial charge is 0.150 e. The monoisotopic (exact) mass is 192 g/mol. The average Bonchev–Trinajstić information content (AvgIpc) is 2.77. The van der Waals surface area contributed by atoms with Crippen LogP contribution in [0.15, 0.2) is 23.1 Å². The lowest BCUT2D eigenvalue weighted by atomic mass is 10.4. The molecule has 0 spiro atoms. The zero-order valence-corrected chi connectivity index (χ0v) is 7.95. The predicted molar refractivity (Wildman–Crippen MR) is 50.4 cm³/mol. The van der Waals surface area contributed by atoms with E-state index in [-0.39, 0.29) is 0 Å². The van der Waals surface area contributed by atoms with E-state index in [1.807, 2.05) is 13.0 Å². The molecule has 0 saturated carbocycles. The van der Waals surface area contributed by atoms with Crippen LogP contribution in [0.5, 0.6) is 0 Å². The van der Waals surface area contributed by atoms with Crippen LogP contribution in [0.1, 0.15) is 17.1 Å². The van der Waals surface area contributed by atoms with E-state index in [1.54, 1.807) is 12.5 Å². The topological polar surface area (TPSA) is 66.7 Å². The lowest BCUT2D eigenvalue weighted by Crippen LogP contribution is -2.12. The van der Waals surface area contributed by atoms with Crippen molar-refractivity contribution < 1.29 is 4.52 Å². The fraction of sp³-hybridized carbons (Fsp3) is 0.333. The van der Waals surface area contributed by atoms with Crippen LogP contribution in [-0.2, 0) is 13.1 Å². The van der Waals surface area contributed by atoms with Crippen molar-refractivity contribution >= 4 is 0 Å². The number of aromatic nitrogens is 3. The molecule has 0 aliphatic heterocycles. The van der Waals surface area contributed by atoms with Gasteiger partial charge in [0.05, 0.1) is 18.6 Å². The van der Waals surface area contributed by atoms with Crippen LogP contribution in [0, 0.1) is 6.92 Å². The Morgan fingerprint density at radius 3 is 3.07 bits per heavy atom. The van der Waals surface area contributed by atoms with Gasteiger partial charge in [-0.3, -0.25) is 0 Å². The molecule has 0 fully saturated rings. The van der Waals surface area contributed by atoms with Crippen molar-refractivity contribution in [2.24, 2.45) is 0 Å². The number of nitrogens with one attached hydrogen (secondary N) is 2. The fourth-order valence-corrected chi connectivity index (χ4v) is 1.20. The van der Waals surface area contributed by atoms with Crippen molar-refractivity contribution in [3.8, 4) is 0 Å². The molecule has 2 N–H and O–H groups in total. The first-order chi connectivity index (χ1) is 6.84. The van der Waals surface area contributed by atoms with E-state index in [4.69, 9.17) is 4.52 Å². The molecule has 0 atom stereocenters. The van der Waals surface area contributed by atoms with Crippen molar-refractivity contribution in [1.82, 2.24) is 20.4 Å². The average molecular weight is 192 g/mol. The van der Waals surface area contributed by atoms with Crippen molar-refractivity contribution in [1.29, 1.82) is 0 Å². The number of aromatic amines is 1. The standard InChI is InChI=1S/C9H12N4O/c1-7-2-9(14-13-7)5-10-3-8-4-11-6-12-8/h2,4,6,10H,3,5H2,1H3,(H,11,12). The van der Waals surface area contributed by atoms with Crippen LogP contribution in [0.4, 0.5) is 0 Å². The molecule has 0 amide bonds. The molecule has 5 nitrogen and oxygen atoms in total. The first kappa shape index (κ1) is 8.96. The van der Waals surface area contributed by atoms with Crippen LogP contribution in [-0.4, -0.2) is 15.1 Å². The Morgan fingerprint density at radius 2 is 2.43 bits per heavy atom. The van der Waals surface area contributed by atoms with E-state index < -0.39 is 0 Å². The molecule has 5 heteroatoms. The molecule has 0 bridgehead atoms. The molecule has 0 aromatic carbocycles. The van der Waals surface area contributed by atoms with Crippen LogP contribution in [0.2, 0.25) is 0 Å². The highest BCUT2D eigenvalue weighted by Crippen LogP contribution is 2.01. The van der Waals surface area contributed by atoms with Gasteiger partial charge < -0.3 is 14.8 Å². The van der Waals surface area contributed by atoms with Gasteiger partial charge in [0.25, 0.3) is 0 Å². The van der Waals surface area contributed by atoms with E-state index in [0.717, 1.165) is 23.7 Å². The summed E-state index contributed by atoms with van der Waals surface area (Å²) in [5.74, 6) is 0.849. The summed E-state index contributed by atoms with van der Waals surface area (Å²) in [5, 5.41) is 7.01. The van der Waals surface area contributed by atoms with E-state index in [2.05, 4.69) is 20.4 Å². The number of rotatable bonds is 4. The third kappa shape index (κ3) is 2.20. The highest BCUT2D eigenvalue weighted by Gasteiger charge is 1.99. The van der Waals surface area contributed by atoms with Gasteiger partial charge in [-0.05, 0) is 6.92 Å². The van der Waals surface area contributed by atoms with E-state index in [9.17, 15) is 0 Å². The van der Waals surface area contributed by atoms with Crippen molar-refractivity contribution in [2.45, 2.75) is 20.0 Å². The maximum atomic E-state index is 5.05. The second-order valence-corrected chi connectivity index (χ2v) is 3.12. The summed E-state index contributed by atoms with van der Waals surface area (Å²) in [6, 6.07) is 1.92. The number of hydrogen-bond donors (Lipinski definition) is 2. The van der Waals surface area contributed by atoms with Crippen molar-refractivity contribution in [2.75, 3.05) is 0 Å². The molecule has 0 aliphatic carbocycles. The minimum Gasteiger partial charge on any atom is -0.360 e. The zero-order valence-electron chi connectivity index (χ0n) is 7.95. The van der Waals surface area contributed by atoms with Crippen LogP contribution >= 0.6 is 0 Å². The minimum atomic E-state index is 0.680. The lowest BCUT2D eigenvalue weighted by molar-refractivity contribution is 0.369. The Kier molecular flexibility index (Phi) is 2.60. The van der Waals surface area contributed by atoms with Crippen LogP contribution in [0.25, 0.3) is 0 Å². The second kappa shape index (κ2) is 4.06. The summed E-state index contributed by atoms with van der Waals surface area (Å²) in [6.07, 6.45) is 3.45. The third-order valence-corrected chi connectivity index (χ3v) is 1.85. The van der Waals surface area contributed by atoms with Gasteiger partial charge in [-0.25, -0.2) is 4.98 Å². The summed E-state index contributed by atoms with van der Waals surface area (Å²) in [6.45, 7) is 3.33. The number of nitrogens with zero attached hydrogens (tertiary/aromatic N) is 2. The summed E-state index contributed by atoms with van der Waals surface area (Å²) in [4.78, 5) is 6.93. The molecule has 2 rings (SSSR count). The van der Waals surface area contributed by atoms with Crippen LogP contribution < -0.4 is 5.32 Å². The third-order valence-electron chi connectivity index (χ3n) is 1.85. The number of imidazole rings is 1. The van der Waals surface area contributed by atoms with Gasteiger partial charge in [0.15, 0.2) is 5.76 Å². The van der Waals surface area contributed by atoms with Gasteiger partial charge in [-0.15, -0.1) is 0 Å². The molecule has 14 heavy (non-hydrogen) atoms. The molecule has 0 aliphatic rings.